The minimum absolute atomic E-state index is 0.0654. The first-order chi connectivity index (χ1) is 6.65. The molecule has 0 fully saturated rings. The van der Waals surface area contributed by atoms with Crippen LogP contribution in [0.25, 0.3) is 0 Å². The first kappa shape index (κ1) is 10.8. The fraction of sp³-hybridized carbons (Fsp3) is 0.500. The van der Waals surface area contributed by atoms with Crippen LogP contribution < -0.4 is 5.32 Å². The predicted molar refractivity (Wildman–Crippen MR) is 51.9 cm³/mol. The molecule has 2 N–H and O–H groups in total. The van der Waals surface area contributed by atoms with E-state index in [1.165, 1.54) is 6.26 Å². The van der Waals surface area contributed by atoms with Crippen molar-refractivity contribution < 1.29 is 14.3 Å². The SMILES string of the molecule is CC(C)[C@@H](CO)NC(=O)c1ccco1. The molecule has 1 atom stereocenters. The van der Waals surface area contributed by atoms with Gasteiger partial charge in [-0.2, -0.15) is 0 Å². The van der Waals surface area contributed by atoms with Gasteiger partial charge in [0.2, 0.25) is 0 Å². The van der Waals surface area contributed by atoms with Crippen molar-refractivity contribution >= 4 is 5.91 Å². The van der Waals surface area contributed by atoms with Crippen molar-refractivity contribution in [1.82, 2.24) is 5.32 Å². The van der Waals surface area contributed by atoms with Crippen molar-refractivity contribution in [2.75, 3.05) is 6.61 Å². The molecule has 4 heteroatoms. The Morgan fingerprint density at radius 3 is 2.79 bits per heavy atom. The third kappa shape index (κ3) is 2.60. The Hall–Kier alpha value is -1.29. The van der Waals surface area contributed by atoms with Crippen molar-refractivity contribution in [3.8, 4) is 0 Å². The van der Waals surface area contributed by atoms with Gasteiger partial charge in [-0.25, -0.2) is 0 Å². The number of aliphatic hydroxyl groups is 1. The van der Waals surface area contributed by atoms with Gasteiger partial charge in [-0.1, -0.05) is 13.8 Å². The quantitative estimate of drug-likeness (QED) is 0.757. The highest BCUT2D eigenvalue weighted by Gasteiger charge is 2.17. The Balaban J connectivity index is 2.56. The molecule has 0 saturated heterocycles. The van der Waals surface area contributed by atoms with Crippen LogP contribution in [0.3, 0.4) is 0 Å². The first-order valence-electron chi connectivity index (χ1n) is 4.60. The van der Waals surface area contributed by atoms with Crippen molar-refractivity contribution in [3.05, 3.63) is 24.2 Å². The number of hydrogen-bond donors (Lipinski definition) is 2. The average molecular weight is 197 g/mol. The van der Waals surface area contributed by atoms with Crippen LogP contribution in [0.1, 0.15) is 24.4 Å². The molecule has 0 aliphatic rings. The lowest BCUT2D eigenvalue weighted by atomic mass is 10.1. The van der Waals surface area contributed by atoms with Crippen LogP contribution in [0.15, 0.2) is 22.8 Å². The van der Waals surface area contributed by atoms with Crippen LogP contribution in [0.2, 0.25) is 0 Å². The molecule has 0 spiro atoms. The molecule has 4 nitrogen and oxygen atoms in total. The summed E-state index contributed by atoms with van der Waals surface area (Å²) in [6, 6.07) is 3.01. The summed E-state index contributed by atoms with van der Waals surface area (Å²) in [6.07, 6.45) is 1.44. The summed E-state index contributed by atoms with van der Waals surface area (Å²) in [6.45, 7) is 3.80. The lowest BCUT2D eigenvalue weighted by Crippen LogP contribution is -2.40. The van der Waals surface area contributed by atoms with Crippen LogP contribution >= 0.6 is 0 Å². The van der Waals surface area contributed by atoms with Crippen molar-refractivity contribution in [2.24, 2.45) is 5.92 Å². The molecule has 1 aromatic rings. The van der Waals surface area contributed by atoms with Gasteiger partial charge in [-0.15, -0.1) is 0 Å². The molecule has 0 unspecified atom stereocenters. The summed E-state index contributed by atoms with van der Waals surface area (Å²) in [5.41, 5.74) is 0. The monoisotopic (exact) mass is 197 g/mol. The second kappa shape index (κ2) is 4.81. The van der Waals surface area contributed by atoms with Crippen molar-refractivity contribution in [1.29, 1.82) is 0 Å². The average Bonchev–Trinajstić information content (AvgIpc) is 2.65. The summed E-state index contributed by atoms with van der Waals surface area (Å²) in [5, 5.41) is 11.7. The van der Waals surface area contributed by atoms with E-state index in [4.69, 9.17) is 9.52 Å². The molecule has 0 bridgehead atoms. The number of aliphatic hydroxyl groups excluding tert-OH is 1. The summed E-state index contributed by atoms with van der Waals surface area (Å²) < 4.78 is 4.93. The van der Waals surface area contributed by atoms with Gasteiger partial charge in [-0.05, 0) is 18.1 Å². The van der Waals surface area contributed by atoms with Gasteiger partial charge < -0.3 is 14.8 Å². The standard InChI is InChI=1S/C10H15NO3/c1-7(2)8(6-12)11-10(13)9-4-3-5-14-9/h3-5,7-8,12H,6H2,1-2H3,(H,11,13)/t8-/m1/s1. The van der Waals surface area contributed by atoms with E-state index in [1.807, 2.05) is 13.8 Å². The zero-order valence-corrected chi connectivity index (χ0v) is 8.36. The molecule has 1 aromatic heterocycles. The fourth-order valence-corrected chi connectivity index (χ4v) is 1.07. The molecule has 1 amide bonds. The van der Waals surface area contributed by atoms with Gasteiger partial charge in [0.05, 0.1) is 18.9 Å². The molecule has 78 valence electrons. The number of hydrogen-bond acceptors (Lipinski definition) is 3. The zero-order valence-electron chi connectivity index (χ0n) is 8.36. The van der Waals surface area contributed by atoms with E-state index in [1.54, 1.807) is 12.1 Å². The smallest absolute Gasteiger partial charge is 0.287 e. The van der Waals surface area contributed by atoms with E-state index >= 15 is 0 Å². The normalized spacial score (nSPS) is 12.9. The lowest BCUT2D eigenvalue weighted by Gasteiger charge is -2.18. The Bertz CT molecular complexity index is 280. The molecule has 0 aliphatic heterocycles. The van der Waals surface area contributed by atoms with E-state index in [2.05, 4.69) is 5.32 Å². The fourth-order valence-electron chi connectivity index (χ4n) is 1.07. The maximum absolute atomic E-state index is 11.5. The Kier molecular flexibility index (Phi) is 3.71. The van der Waals surface area contributed by atoms with Gasteiger partial charge in [0.1, 0.15) is 0 Å². The number of furan rings is 1. The number of rotatable bonds is 4. The molecular weight excluding hydrogens is 182 g/mol. The Morgan fingerprint density at radius 2 is 2.36 bits per heavy atom. The predicted octanol–water partition coefficient (Wildman–Crippen LogP) is 1.03. The van der Waals surface area contributed by atoms with E-state index in [-0.39, 0.29) is 30.2 Å². The third-order valence-corrected chi connectivity index (χ3v) is 2.06. The van der Waals surface area contributed by atoms with Crippen molar-refractivity contribution in [2.45, 2.75) is 19.9 Å². The van der Waals surface area contributed by atoms with Crippen LogP contribution in [-0.4, -0.2) is 23.7 Å². The van der Waals surface area contributed by atoms with Crippen LogP contribution in [0.5, 0.6) is 0 Å². The summed E-state index contributed by atoms with van der Waals surface area (Å²) in [5.74, 6) is 0.172. The highest BCUT2D eigenvalue weighted by atomic mass is 16.3. The lowest BCUT2D eigenvalue weighted by molar-refractivity contribution is 0.0869. The first-order valence-corrected chi connectivity index (χ1v) is 4.60. The largest absolute Gasteiger partial charge is 0.459 e. The number of carbonyl (C=O) groups excluding carboxylic acids is 1. The van der Waals surface area contributed by atoms with Gasteiger partial charge in [-0.3, -0.25) is 4.79 Å². The van der Waals surface area contributed by atoms with E-state index < -0.39 is 0 Å². The highest BCUT2D eigenvalue weighted by Crippen LogP contribution is 2.04. The van der Waals surface area contributed by atoms with Crippen LogP contribution in [-0.2, 0) is 0 Å². The minimum atomic E-state index is -0.289. The summed E-state index contributed by atoms with van der Waals surface area (Å²) in [4.78, 5) is 11.5. The van der Waals surface area contributed by atoms with E-state index in [9.17, 15) is 4.79 Å². The molecule has 0 radical (unpaired) electrons. The van der Waals surface area contributed by atoms with Gasteiger partial charge >= 0.3 is 0 Å². The van der Waals surface area contributed by atoms with E-state index in [0.29, 0.717) is 0 Å². The maximum atomic E-state index is 11.5. The molecule has 0 aliphatic carbocycles. The Morgan fingerprint density at radius 1 is 1.64 bits per heavy atom. The molecule has 14 heavy (non-hydrogen) atoms. The van der Waals surface area contributed by atoms with Gasteiger partial charge in [0.25, 0.3) is 5.91 Å². The maximum Gasteiger partial charge on any atom is 0.287 e. The zero-order chi connectivity index (χ0) is 10.6. The van der Waals surface area contributed by atoms with Crippen molar-refractivity contribution in [3.63, 3.8) is 0 Å². The van der Waals surface area contributed by atoms with Gasteiger partial charge in [0.15, 0.2) is 5.76 Å². The number of amides is 1. The Labute approximate surface area is 82.9 Å². The van der Waals surface area contributed by atoms with Crippen LogP contribution in [0.4, 0.5) is 0 Å². The topological polar surface area (TPSA) is 62.5 Å². The minimum Gasteiger partial charge on any atom is -0.459 e. The van der Waals surface area contributed by atoms with Gasteiger partial charge in [0, 0.05) is 0 Å². The second-order valence-electron chi connectivity index (χ2n) is 3.48. The van der Waals surface area contributed by atoms with Crippen LogP contribution in [0, 0.1) is 5.92 Å². The number of carbonyl (C=O) groups is 1. The molecular formula is C10H15NO3. The summed E-state index contributed by atoms with van der Waals surface area (Å²) in [7, 11) is 0. The number of nitrogens with one attached hydrogen (secondary N) is 1. The summed E-state index contributed by atoms with van der Waals surface area (Å²) >= 11 is 0. The second-order valence-corrected chi connectivity index (χ2v) is 3.48. The molecule has 0 aromatic carbocycles. The molecule has 0 saturated carbocycles. The third-order valence-electron chi connectivity index (χ3n) is 2.06. The van der Waals surface area contributed by atoms with E-state index in [0.717, 1.165) is 0 Å². The molecule has 1 heterocycles. The highest BCUT2D eigenvalue weighted by molar-refractivity contribution is 5.91. The molecule has 1 rings (SSSR count).